The maximum Gasteiger partial charge on any atom is 0.224 e. The molecule has 6 heteroatoms. The van der Waals surface area contributed by atoms with Crippen LogP contribution in [0.25, 0.3) is 0 Å². The lowest BCUT2D eigenvalue weighted by atomic mass is 9.80. The summed E-state index contributed by atoms with van der Waals surface area (Å²) in [6.07, 6.45) is 5.53. The Morgan fingerprint density at radius 1 is 0.971 bits per heavy atom. The number of benzene rings is 2. The molecule has 0 aliphatic carbocycles. The van der Waals surface area contributed by atoms with E-state index in [1.165, 1.54) is 11.1 Å². The van der Waals surface area contributed by atoms with Crippen molar-refractivity contribution in [2.45, 2.75) is 50.9 Å². The summed E-state index contributed by atoms with van der Waals surface area (Å²) in [6.45, 7) is 3.61. The van der Waals surface area contributed by atoms with Gasteiger partial charge < -0.3 is 19.7 Å². The number of hydrogen-bond donors (Lipinski definition) is 1. The first kappa shape index (κ1) is 23.9. The average Bonchev–Trinajstić information content (AvgIpc) is 2.90. The van der Waals surface area contributed by atoms with Gasteiger partial charge in [-0.05, 0) is 73.1 Å². The average molecular weight is 477 g/mol. The van der Waals surface area contributed by atoms with Crippen LogP contribution in [0.1, 0.15) is 55.6 Å². The first-order valence-electron chi connectivity index (χ1n) is 13.1. The molecule has 2 fully saturated rings. The number of amides is 2. The second-order valence-electron chi connectivity index (χ2n) is 10.2. The molecule has 5 rings (SSSR count). The fourth-order valence-corrected chi connectivity index (χ4v) is 5.77. The molecule has 0 saturated carbocycles. The van der Waals surface area contributed by atoms with Crippen molar-refractivity contribution in [1.29, 1.82) is 0 Å². The molecule has 2 atom stereocenters. The number of anilines is 1. The highest BCUT2D eigenvalue weighted by Crippen LogP contribution is 2.36. The number of nitrogens with zero attached hydrogens (tertiary/aromatic N) is 1. The van der Waals surface area contributed by atoms with Crippen molar-refractivity contribution in [3.8, 4) is 5.75 Å². The lowest BCUT2D eigenvalue weighted by molar-refractivity contribution is -0.134. The van der Waals surface area contributed by atoms with Gasteiger partial charge in [0.2, 0.25) is 11.8 Å². The fourth-order valence-electron chi connectivity index (χ4n) is 5.77. The molecule has 3 aliphatic heterocycles. The monoisotopic (exact) mass is 476 g/mol. The summed E-state index contributed by atoms with van der Waals surface area (Å²) in [5.41, 5.74) is 3.22. The van der Waals surface area contributed by atoms with Crippen LogP contribution in [0.3, 0.4) is 0 Å². The minimum absolute atomic E-state index is 0.0414. The van der Waals surface area contributed by atoms with Crippen molar-refractivity contribution in [1.82, 2.24) is 4.90 Å². The topological polar surface area (TPSA) is 67.9 Å². The van der Waals surface area contributed by atoms with Crippen molar-refractivity contribution in [3.05, 3.63) is 59.7 Å². The van der Waals surface area contributed by atoms with Crippen LogP contribution >= 0.6 is 0 Å². The lowest BCUT2D eigenvalue weighted by Gasteiger charge is -2.39. The van der Waals surface area contributed by atoms with Gasteiger partial charge in [0.05, 0.1) is 12.3 Å². The summed E-state index contributed by atoms with van der Waals surface area (Å²) in [5.74, 6) is 2.00. The molecular weight excluding hydrogens is 440 g/mol. The molecule has 0 aromatic heterocycles. The Labute approximate surface area is 208 Å². The number of carbonyl (C=O) groups is 2. The van der Waals surface area contributed by atoms with Gasteiger partial charge in [-0.1, -0.05) is 36.4 Å². The third kappa shape index (κ3) is 6.04. The molecule has 3 heterocycles. The summed E-state index contributed by atoms with van der Waals surface area (Å²) in [4.78, 5) is 27.9. The van der Waals surface area contributed by atoms with E-state index in [-0.39, 0.29) is 23.7 Å². The van der Waals surface area contributed by atoms with Crippen LogP contribution in [0.15, 0.2) is 48.5 Å². The van der Waals surface area contributed by atoms with E-state index in [0.29, 0.717) is 31.9 Å². The molecule has 2 aromatic carbocycles. The van der Waals surface area contributed by atoms with Crippen molar-refractivity contribution >= 4 is 17.5 Å². The molecule has 3 aliphatic rings. The Morgan fingerprint density at radius 3 is 2.63 bits per heavy atom. The third-order valence-corrected chi connectivity index (χ3v) is 7.88. The molecule has 186 valence electrons. The van der Waals surface area contributed by atoms with Gasteiger partial charge in [-0.2, -0.15) is 0 Å². The number of aryl methyl sites for hydroxylation is 1. The van der Waals surface area contributed by atoms with E-state index in [1.807, 2.05) is 29.2 Å². The summed E-state index contributed by atoms with van der Waals surface area (Å²) < 4.78 is 11.7. The van der Waals surface area contributed by atoms with Crippen LogP contribution < -0.4 is 10.1 Å². The second kappa shape index (κ2) is 11.3. The van der Waals surface area contributed by atoms with E-state index in [1.54, 1.807) is 0 Å². The van der Waals surface area contributed by atoms with Gasteiger partial charge in [0.25, 0.3) is 0 Å². The molecule has 2 amide bonds. The number of piperidine rings is 1. The normalized spacial score (nSPS) is 23.4. The van der Waals surface area contributed by atoms with Gasteiger partial charge in [0.15, 0.2) is 0 Å². The Kier molecular flexibility index (Phi) is 7.67. The molecule has 2 aromatic rings. The fraction of sp³-hybridized carbons (Fsp3) is 0.517. The van der Waals surface area contributed by atoms with E-state index < -0.39 is 0 Å². The molecule has 0 radical (unpaired) electrons. The van der Waals surface area contributed by atoms with Gasteiger partial charge in [0.1, 0.15) is 5.75 Å². The first-order chi connectivity index (χ1) is 17.2. The molecule has 1 N–H and O–H groups in total. The van der Waals surface area contributed by atoms with Gasteiger partial charge in [-0.3, -0.25) is 9.59 Å². The quantitative estimate of drug-likeness (QED) is 0.689. The van der Waals surface area contributed by atoms with Crippen molar-refractivity contribution in [3.63, 3.8) is 0 Å². The van der Waals surface area contributed by atoms with Crippen LogP contribution in [0.5, 0.6) is 5.75 Å². The van der Waals surface area contributed by atoms with Gasteiger partial charge in [-0.25, -0.2) is 0 Å². The summed E-state index contributed by atoms with van der Waals surface area (Å²) in [6, 6.07) is 16.4. The number of carbonyl (C=O) groups excluding carboxylic acids is 2. The maximum atomic E-state index is 13.0. The van der Waals surface area contributed by atoms with Crippen LogP contribution in [0.2, 0.25) is 0 Å². The zero-order valence-electron chi connectivity index (χ0n) is 20.4. The highest BCUT2D eigenvalue weighted by molar-refractivity contribution is 5.92. The Morgan fingerprint density at radius 2 is 1.80 bits per heavy atom. The van der Waals surface area contributed by atoms with Gasteiger partial charge >= 0.3 is 0 Å². The van der Waals surface area contributed by atoms with Crippen molar-refractivity contribution in [2.75, 3.05) is 38.2 Å². The second-order valence-corrected chi connectivity index (χ2v) is 10.2. The Bertz CT molecular complexity index is 1020. The molecule has 2 saturated heterocycles. The van der Waals surface area contributed by atoms with E-state index in [9.17, 15) is 9.59 Å². The van der Waals surface area contributed by atoms with Crippen LogP contribution in [-0.2, 0) is 20.7 Å². The number of likely N-dealkylation sites (tertiary alicyclic amines) is 1. The SMILES string of the molecule is O=C1C[C@@H]2CCN(C(=O)CCc3ccccc3)C[C@@H]2CCOc2ccc(C3CCOCC3)cc2N1. The highest BCUT2D eigenvalue weighted by Gasteiger charge is 2.33. The smallest absolute Gasteiger partial charge is 0.224 e. The number of hydrogen-bond acceptors (Lipinski definition) is 4. The van der Waals surface area contributed by atoms with Gasteiger partial charge in [-0.15, -0.1) is 0 Å². The number of nitrogens with one attached hydrogen (secondary N) is 1. The standard InChI is InChI=1S/C29H36N2O4/c32-28-19-24-10-14-31(29(33)9-6-21-4-2-1-3-5-21)20-25(24)13-17-35-27-8-7-23(18-26(27)30-28)22-11-15-34-16-12-22/h1-5,7-8,18,22,24-25H,6,9-17,19-20H2,(H,30,32)/t24-,25-/m0/s1. The van der Waals surface area contributed by atoms with Crippen molar-refractivity contribution < 1.29 is 19.1 Å². The van der Waals surface area contributed by atoms with E-state index >= 15 is 0 Å². The molecule has 6 nitrogen and oxygen atoms in total. The summed E-state index contributed by atoms with van der Waals surface area (Å²) in [7, 11) is 0. The van der Waals surface area contributed by atoms with E-state index in [0.717, 1.165) is 63.3 Å². The Hall–Kier alpha value is -2.86. The van der Waals surface area contributed by atoms with Gasteiger partial charge in [0, 0.05) is 39.1 Å². The lowest BCUT2D eigenvalue weighted by Crippen LogP contribution is -2.45. The molecular formula is C29H36N2O4. The highest BCUT2D eigenvalue weighted by atomic mass is 16.5. The summed E-state index contributed by atoms with van der Waals surface area (Å²) in [5, 5.41) is 3.14. The van der Waals surface area contributed by atoms with E-state index in [4.69, 9.17) is 9.47 Å². The largest absolute Gasteiger partial charge is 0.491 e. The number of fused-ring (bicyclic) bond motifs is 2. The number of rotatable bonds is 4. The molecule has 35 heavy (non-hydrogen) atoms. The molecule has 0 bridgehead atoms. The van der Waals surface area contributed by atoms with E-state index in [2.05, 4.69) is 29.6 Å². The third-order valence-electron chi connectivity index (χ3n) is 7.88. The molecule has 0 spiro atoms. The predicted octanol–water partition coefficient (Wildman–Crippen LogP) is 4.79. The number of ether oxygens (including phenoxy) is 2. The Balaban J connectivity index is 1.22. The summed E-state index contributed by atoms with van der Waals surface area (Å²) >= 11 is 0. The van der Waals surface area contributed by atoms with Crippen LogP contribution in [0, 0.1) is 11.8 Å². The predicted molar refractivity (Wildman–Crippen MR) is 136 cm³/mol. The first-order valence-corrected chi connectivity index (χ1v) is 13.1. The minimum atomic E-state index is 0.0414. The molecule has 0 unspecified atom stereocenters. The zero-order chi connectivity index (χ0) is 24.0. The van der Waals surface area contributed by atoms with Crippen LogP contribution in [-0.4, -0.2) is 49.6 Å². The maximum absolute atomic E-state index is 13.0. The minimum Gasteiger partial charge on any atom is -0.491 e. The van der Waals surface area contributed by atoms with Crippen molar-refractivity contribution in [2.24, 2.45) is 11.8 Å². The zero-order valence-corrected chi connectivity index (χ0v) is 20.4. The van der Waals surface area contributed by atoms with Crippen LogP contribution in [0.4, 0.5) is 5.69 Å².